The molecular weight excluding hydrogens is 266 g/mol. The number of ether oxygens (including phenoxy) is 1. The Morgan fingerprint density at radius 2 is 2.00 bits per heavy atom. The molecule has 2 aromatic rings. The van der Waals surface area contributed by atoms with Crippen molar-refractivity contribution in [3.05, 3.63) is 64.7 Å². The lowest BCUT2D eigenvalue weighted by Crippen LogP contribution is -2.14. The van der Waals surface area contributed by atoms with Gasteiger partial charge in [-0.25, -0.2) is 4.79 Å². The maximum atomic E-state index is 10.9. The lowest BCUT2D eigenvalue weighted by Gasteiger charge is -2.11. The van der Waals surface area contributed by atoms with Crippen molar-refractivity contribution in [2.75, 3.05) is 7.11 Å². The minimum atomic E-state index is -0.905. The third-order valence-corrected chi connectivity index (χ3v) is 3.25. The third kappa shape index (κ3) is 4.07. The summed E-state index contributed by atoms with van der Waals surface area (Å²) in [6, 6.07) is 13.0. The first-order valence-corrected chi connectivity index (χ1v) is 6.76. The van der Waals surface area contributed by atoms with E-state index in [1.54, 1.807) is 25.3 Å². The number of aryl methyl sites for hydroxylation is 1. The van der Waals surface area contributed by atoms with E-state index in [-0.39, 0.29) is 0 Å². The third-order valence-electron chi connectivity index (χ3n) is 3.25. The predicted molar refractivity (Wildman–Crippen MR) is 81.7 cm³/mol. The molecule has 0 bridgehead atoms. The van der Waals surface area contributed by atoms with E-state index in [0.29, 0.717) is 18.7 Å². The summed E-state index contributed by atoms with van der Waals surface area (Å²) in [6.45, 7) is 3.32. The summed E-state index contributed by atoms with van der Waals surface area (Å²) in [5.74, 6) is -0.0513. The summed E-state index contributed by atoms with van der Waals surface area (Å²) in [6.07, 6.45) is 0. The Labute approximate surface area is 124 Å². The average Bonchev–Trinajstić information content (AvgIpc) is 2.48. The van der Waals surface area contributed by atoms with E-state index in [1.807, 2.05) is 25.1 Å². The van der Waals surface area contributed by atoms with E-state index in [2.05, 4.69) is 11.4 Å². The molecule has 4 heteroatoms. The monoisotopic (exact) mass is 285 g/mol. The molecule has 2 rings (SSSR count). The maximum Gasteiger partial charge on any atom is 0.335 e. The van der Waals surface area contributed by atoms with Crippen LogP contribution in [0.2, 0.25) is 0 Å². The van der Waals surface area contributed by atoms with E-state index < -0.39 is 5.97 Å². The van der Waals surface area contributed by atoms with Crippen LogP contribution in [0.25, 0.3) is 0 Å². The maximum absolute atomic E-state index is 10.9. The second-order valence-corrected chi connectivity index (χ2v) is 4.92. The van der Waals surface area contributed by atoms with Gasteiger partial charge in [-0.2, -0.15) is 0 Å². The molecule has 4 nitrogen and oxygen atoms in total. The van der Waals surface area contributed by atoms with Crippen molar-refractivity contribution in [2.45, 2.75) is 20.0 Å². The number of carboxylic acids is 1. The molecule has 0 aliphatic rings. The first-order valence-electron chi connectivity index (χ1n) is 6.76. The van der Waals surface area contributed by atoms with Crippen LogP contribution in [0.3, 0.4) is 0 Å². The largest absolute Gasteiger partial charge is 0.496 e. The van der Waals surface area contributed by atoms with Crippen LogP contribution in [0.5, 0.6) is 5.75 Å². The van der Waals surface area contributed by atoms with Crippen LogP contribution in [0.1, 0.15) is 27.0 Å². The highest BCUT2D eigenvalue weighted by Crippen LogP contribution is 2.19. The minimum Gasteiger partial charge on any atom is -0.496 e. The topological polar surface area (TPSA) is 58.6 Å². The molecule has 0 radical (unpaired) electrons. The summed E-state index contributed by atoms with van der Waals surface area (Å²) in [5, 5.41) is 12.3. The molecule has 0 aliphatic carbocycles. The fourth-order valence-electron chi connectivity index (χ4n) is 2.20. The first kappa shape index (κ1) is 15.1. The second kappa shape index (κ2) is 6.90. The predicted octanol–water partition coefficient (Wildman–Crippen LogP) is 2.99. The van der Waals surface area contributed by atoms with Crippen molar-refractivity contribution in [1.29, 1.82) is 0 Å². The van der Waals surface area contributed by atoms with Gasteiger partial charge in [0, 0.05) is 18.7 Å². The Morgan fingerprint density at radius 1 is 1.19 bits per heavy atom. The molecule has 0 aromatic heterocycles. The average molecular weight is 285 g/mol. The number of benzene rings is 2. The minimum absolute atomic E-state index is 0.308. The van der Waals surface area contributed by atoms with Crippen LogP contribution in [-0.4, -0.2) is 18.2 Å². The van der Waals surface area contributed by atoms with Crippen LogP contribution in [0.15, 0.2) is 42.5 Å². The van der Waals surface area contributed by atoms with E-state index in [9.17, 15) is 4.79 Å². The Hall–Kier alpha value is -2.33. The van der Waals surface area contributed by atoms with Crippen molar-refractivity contribution in [2.24, 2.45) is 0 Å². The SMILES string of the molecule is COc1ccc(C)cc1CNCc1cccc(C(=O)O)c1. The molecule has 110 valence electrons. The van der Waals surface area contributed by atoms with Gasteiger partial charge in [0.15, 0.2) is 0 Å². The normalized spacial score (nSPS) is 10.4. The van der Waals surface area contributed by atoms with Crippen molar-refractivity contribution >= 4 is 5.97 Å². The van der Waals surface area contributed by atoms with Gasteiger partial charge in [-0.15, -0.1) is 0 Å². The molecule has 0 atom stereocenters. The molecule has 21 heavy (non-hydrogen) atoms. The number of aromatic carboxylic acids is 1. The highest BCUT2D eigenvalue weighted by Gasteiger charge is 2.05. The van der Waals surface area contributed by atoms with Gasteiger partial charge >= 0.3 is 5.97 Å². The Balaban J connectivity index is 2.00. The van der Waals surface area contributed by atoms with Crippen LogP contribution in [0, 0.1) is 6.92 Å². The number of hydrogen-bond donors (Lipinski definition) is 2. The van der Waals surface area contributed by atoms with Gasteiger partial charge in [0.25, 0.3) is 0 Å². The van der Waals surface area contributed by atoms with Crippen LogP contribution < -0.4 is 10.1 Å². The molecule has 0 amide bonds. The summed E-state index contributed by atoms with van der Waals surface area (Å²) in [7, 11) is 1.66. The van der Waals surface area contributed by atoms with Gasteiger partial charge in [-0.1, -0.05) is 29.8 Å². The summed E-state index contributed by atoms with van der Waals surface area (Å²) in [4.78, 5) is 10.9. The molecule has 0 spiro atoms. The van der Waals surface area contributed by atoms with E-state index in [4.69, 9.17) is 9.84 Å². The van der Waals surface area contributed by atoms with E-state index in [1.165, 1.54) is 5.56 Å². The van der Waals surface area contributed by atoms with Gasteiger partial charge in [0.2, 0.25) is 0 Å². The lowest BCUT2D eigenvalue weighted by molar-refractivity contribution is 0.0696. The summed E-state index contributed by atoms with van der Waals surface area (Å²) >= 11 is 0. The molecule has 2 N–H and O–H groups in total. The van der Waals surface area contributed by atoms with Crippen LogP contribution >= 0.6 is 0 Å². The van der Waals surface area contributed by atoms with Crippen molar-refractivity contribution in [3.8, 4) is 5.75 Å². The Kier molecular flexibility index (Phi) is 4.95. The fraction of sp³-hybridized carbons (Fsp3) is 0.235. The second-order valence-electron chi connectivity index (χ2n) is 4.92. The molecule has 2 aromatic carbocycles. The number of carboxylic acid groups (broad SMARTS) is 1. The highest BCUT2D eigenvalue weighted by atomic mass is 16.5. The van der Waals surface area contributed by atoms with Gasteiger partial charge in [-0.3, -0.25) is 0 Å². The standard InChI is InChI=1S/C17H19NO3/c1-12-6-7-16(21-2)15(8-12)11-18-10-13-4-3-5-14(9-13)17(19)20/h3-9,18H,10-11H2,1-2H3,(H,19,20). The summed E-state index contributed by atoms with van der Waals surface area (Å²) < 4.78 is 5.34. The van der Waals surface area contributed by atoms with Crippen LogP contribution in [0.4, 0.5) is 0 Å². The van der Waals surface area contributed by atoms with E-state index >= 15 is 0 Å². The number of methoxy groups -OCH3 is 1. The highest BCUT2D eigenvalue weighted by molar-refractivity contribution is 5.87. The first-order chi connectivity index (χ1) is 10.1. The molecule has 0 heterocycles. The van der Waals surface area contributed by atoms with Gasteiger partial charge < -0.3 is 15.2 Å². The lowest BCUT2D eigenvalue weighted by atomic mass is 10.1. The molecule has 0 fully saturated rings. The Morgan fingerprint density at radius 3 is 2.71 bits per heavy atom. The van der Waals surface area contributed by atoms with E-state index in [0.717, 1.165) is 16.9 Å². The van der Waals surface area contributed by atoms with Gasteiger partial charge in [-0.05, 0) is 30.7 Å². The zero-order valence-corrected chi connectivity index (χ0v) is 12.2. The molecular formula is C17H19NO3. The number of carbonyl (C=O) groups is 1. The zero-order valence-electron chi connectivity index (χ0n) is 12.2. The molecule has 0 saturated heterocycles. The van der Waals surface area contributed by atoms with Gasteiger partial charge in [0.05, 0.1) is 12.7 Å². The quantitative estimate of drug-likeness (QED) is 0.856. The zero-order chi connectivity index (χ0) is 15.2. The number of rotatable bonds is 6. The van der Waals surface area contributed by atoms with Gasteiger partial charge in [0.1, 0.15) is 5.75 Å². The van der Waals surface area contributed by atoms with Crippen LogP contribution in [-0.2, 0) is 13.1 Å². The van der Waals surface area contributed by atoms with Crippen molar-refractivity contribution in [3.63, 3.8) is 0 Å². The molecule has 0 saturated carbocycles. The molecule has 0 aliphatic heterocycles. The number of nitrogens with one attached hydrogen (secondary N) is 1. The smallest absolute Gasteiger partial charge is 0.335 e. The fourth-order valence-corrected chi connectivity index (χ4v) is 2.20. The van der Waals surface area contributed by atoms with Crippen molar-refractivity contribution < 1.29 is 14.6 Å². The summed E-state index contributed by atoms with van der Waals surface area (Å²) in [5.41, 5.74) is 3.52. The number of hydrogen-bond acceptors (Lipinski definition) is 3. The van der Waals surface area contributed by atoms with Crippen molar-refractivity contribution in [1.82, 2.24) is 5.32 Å². The molecule has 0 unspecified atom stereocenters. The Bertz CT molecular complexity index is 638.